The van der Waals surface area contributed by atoms with Gasteiger partial charge in [-0.1, -0.05) is 23.4 Å². The lowest BCUT2D eigenvalue weighted by atomic mass is 10.2. The lowest BCUT2D eigenvalue weighted by Crippen LogP contribution is -2.25. The molecule has 0 radical (unpaired) electrons. The van der Waals surface area contributed by atoms with E-state index in [0.717, 1.165) is 11.4 Å². The van der Waals surface area contributed by atoms with Gasteiger partial charge in [-0.3, -0.25) is 14.6 Å². The van der Waals surface area contributed by atoms with Crippen LogP contribution in [0.25, 0.3) is 22.3 Å². The van der Waals surface area contributed by atoms with Crippen LogP contribution in [0.5, 0.6) is 0 Å². The number of aromatic nitrogens is 5. The summed E-state index contributed by atoms with van der Waals surface area (Å²) in [4.78, 5) is 33.2. The number of nitrogens with one attached hydrogen (secondary N) is 1. The number of amides is 1. The fraction of sp³-hybridized carbons (Fsp3) is 0.158. The Morgan fingerprint density at radius 2 is 1.96 bits per heavy atom. The molecule has 0 fully saturated rings. The van der Waals surface area contributed by atoms with Gasteiger partial charge in [-0.15, -0.1) is 16.4 Å². The Labute approximate surface area is 163 Å². The zero-order valence-corrected chi connectivity index (χ0v) is 15.6. The van der Waals surface area contributed by atoms with Crippen molar-refractivity contribution in [2.75, 3.05) is 5.32 Å². The van der Waals surface area contributed by atoms with Crippen molar-refractivity contribution < 1.29 is 4.79 Å². The number of hydrogen-bond donors (Lipinski definition) is 1. The maximum Gasteiger partial charge on any atom is 0.277 e. The minimum atomic E-state index is -0.203. The lowest BCUT2D eigenvalue weighted by molar-refractivity contribution is -0.116. The lowest BCUT2D eigenvalue weighted by Gasteiger charge is -2.05. The number of pyridine rings is 1. The standard InChI is InChI=1S/C19H16N6O2S/c26-17(22-19-21-16(12-28-19)15-8-3-4-10-20-15)9-5-11-25-18(27)13-6-1-2-7-14(13)23-24-25/h1-4,6-8,10,12H,5,9,11H2,(H,21,22,26). The highest BCUT2D eigenvalue weighted by Gasteiger charge is 2.10. The summed E-state index contributed by atoms with van der Waals surface area (Å²) in [5, 5.41) is 13.6. The van der Waals surface area contributed by atoms with Crippen molar-refractivity contribution in [2.24, 2.45) is 0 Å². The first-order chi connectivity index (χ1) is 13.7. The molecule has 4 rings (SSSR count). The van der Waals surface area contributed by atoms with Crippen LogP contribution in [0, 0.1) is 0 Å². The summed E-state index contributed by atoms with van der Waals surface area (Å²) in [6, 6.07) is 12.6. The Balaban J connectivity index is 1.34. The molecule has 0 aliphatic heterocycles. The van der Waals surface area contributed by atoms with Crippen molar-refractivity contribution in [3.63, 3.8) is 0 Å². The fourth-order valence-corrected chi connectivity index (χ4v) is 3.42. The Bertz CT molecular complexity index is 1170. The highest BCUT2D eigenvalue weighted by Crippen LogP contribution is 2.23. The SMILES string of the molecule is O=C(CCCn1nnc2ccccc2c1=O)Nc1nc(-c2ccccn2)cs1. The van der Waals surface area contributed by atoms with Crippen LogP contribution in [0.15, 0.2) is 58.8 Å². The number of carbonyl (C=O) groups excluding carboxylic acids is 1. The molecule has 9 heteroatoms. The number of carbonyl (C=O) groups is 1. The zero-order valence-electron chi connectivity index (χ0n) is 14.8. The molecule has 1 N–H and O–H groups in total. The second-order valence-electron chi connectivity index (χ2n) is 6.04. The second kappa shape index (κ2) is 8.05. The Morgan fingerprint density at radius 1 is 1.11 bits per heavy atom. The Kier molecular flexibility index (Phi) is 5.16. The minimum absolute atomic E-state index is 0.163. The van der Waals surface area contributed by atoms with Crippen LogP contribution in [-0.2, 0) is 11.3 Å². The number of nitrogens with zero attached hydrogens (tertiary/aromatic N) is 5. The van der Waals surface area contributed by atoms with Crippen LogP contribution in [0.4, 0.5) is 5.13 Å². The van der Waals surface area contributed by atoms with Crippen molar-refractivity contribution in [1.29, 1.82) is 0 Å². The van der Waals surface area contributed by atoms with E-state index in [1.807, 2.05) is 29.6 Å². The smallest absolute Gasteiger partial charge is 0.277 e. The molecule has 0 bridgehead atoms. The van der Waals surface area contributed by atoms with E-state index in [4.69, 9.17) is 0 Å². The predicted octanol–water partition coefficient (Wildman–Crippen LogP) is 2.73. The summed E-state index contributed by atoms with van der Waals surface area (Å²) in [7, 11) is 0. The van der Waals surface area contributed by atoms with Crippen LogP contribution in [-0.4, -0.2) is 30.9 Å². The van der Waals surface area contributed by atoms with Crippen molar-refractivity contribution in [3.05, 3.63) is 64.4 Å². The van der Waals surface area contributed by atoms with Gasteiger partial charge in [0, 0.05) is 24.5 Å². The Morgan fingerprint density at radius 3 is 2.82 bits per heavy atom. The first-order valence-corrected chi connectivity index (χ1v) is 9.58. The number of anilines is 1. The van der Waals surface area contributed by atoms with Crippen LogP contribution in [0.2, 0.25) is 0 Å². The molecule has 1 amide bonds. The van der Waals surface area contributed by atoms with Crippen molar-refractivity contribution >= 4 is 33.3 Å². The van der Waals surface area contributed by atoms with E-state index in [9.17, 15) is 9.59 Å². The van der Waals surface area contributed by atoms with Gasteiger partial charge >= 0.3 is 0 Å². The summed E-state index contributed by atoms with van der Waals surface area (Å²) in [5.41, 5.74) is 1.84. The van der Waals surface area contributed by atoms with Gasteiger partial charge in [0.1, 0.15) is 11.2 Å². The normalized spacial score (nSPS) is 10.9. The van der Waals surface area contributed by atoms with E-state index in [1.54, 1.807) is 24.4 Å². The first-order valence-electron chi connectivity index (χ1n) is 8.70. The van der Waals surface area contributed by atoms with Gasteiger partial charge in [0.05, 0.1) is 11.1 Å². The number of fused-ring (bicyclic) bond motifs is 1. The van der Waals surface area contributed by atoms with Gasteiger partial charge in [-0.2, -0.15) is 0 Å². The molecule has 0 aliphatic rings. The quantitative estimate of drug-likeness (QED) is 0.541. The van der Waals surface area contributed by atoms with Gasteiger partial charge in [0.15, 0.2) is 5.13 Å². The zero-order chi connectivity index (χ0) is 19.3. The molecular weight excluding hydrogens is 376 g/mol. The monoisotopic (exact) mass is 392 g/mol. The van der Waals surface area contributed by atoms with Crippen LogP contribution >= 0.6 is 11.3 Å². The third-order valence-corrected chi connectivity index (χ3v) is 4.84. The van der Waals surface area contributed by atoms with E-state index in [2.05, 4.69) is 25.6 Å². The van der Waals surface area contributed by atoms with E-state index >= 15 is 0 Å². The molecule has 0 spiro atoms. The molecule has 1 aromatic carbocycles. The highest BCUT2D eigenvalue weighted by molar-refractivity contribution is 7.14. The van der Waals surface area contributed by atoms with Crippen LogP contribution in [0.1, 0.15) is 12.8 Å². The van der Waals surface area contributed by atoms with E-state index in [-0.39, 0.29) is 17.9 Å². The number of thiazole rings is 1. The largest absolute Gasteiger partial charge is 0.302 e. The van der Waals surface area contributed by atoms with Crippen molar-refractivity contribution in [2.45, 2.75) is 19.4 Å². The van der Waals surface area contributed by atoms with Crippen molar-refractivity contribution in [3.8, 4) is 11.4 Å². The van der Waals surface area contributed by atoms with Crippen molar-refractivity contribution in [1.82, 2.24) is 25.0 Å². The molecule has 0 saturated carbocycles. The topological polar surface area (TPSA) is 103 Å². The van der Waals surface area contributed by atoms with Gasteiger partial charge in [0.25, 0.3) is 5.56 Å². The van der Waals surface area contributed by atoms with Crippen LogP contribution in [0.3, 0.4) is 0 Å². The van der Waals surface area contributed by atoms with Gasteiger partial charge in [-0.05, 0) is 30.7 Å². The second-order valence-corrected chi connectivity index (χ2v) is 6.90. The third-order valence-electron chi connectivity index (χ3n) is 4.08. The summed E-state index contributed by atoms with van der Waals surface area (Å²) in [6.45, 7) is 0.321. The summed E-state index contributed by atoms with van der Waals surface area (Å²) < 4.78 is 1.29. The number of rotatable bonds is 6. The molecule has 3 aromatic heterocycles. The summed E-state index contributed by atoms with van der Waals surface area (Å²) in [5.74, 6) is -0.163. The van der Waals surface area contributed by atoms with Gasteiger partial charge in [0.2, 0.25) is 5.91 Å². The molecule has 28 heavy (non-hydrogen) atoms. The fourth-order valence-electron chi connectivity index (χ4n) is 2.70. The first kappa shape index (κ1) is 17.9. The third kappa shape index (κ3) is 3.94. The molecule has 3 heterocycles. The number of hydrogen-bond acceptors (Lipinski definition) is 7. The minimum Gasteiger partial charge on any atom is -0.302 e. The van der Waals surface area contributed by atoms with E-state index in [0.29, 0.717) is 29.0 Å². The highest BCUT2D eigenvalue weighted by atomic mass is 32.1. The maximum atomic E-state index is 12.4. The van der Waals surface area contributed by atoms with E-state index < -0.39 is 0 Å². The molecule has 0 aliphatic carbocycles. The van der Waals surface area contributed by atoms with Gasteiger partial charge < -0.3 is 5.32 Å². The molecule has 8 nitrogen and oxygen atoms in total. The maximum absolute atomic E-state index is 12.4. The molecule has 0 unspecified atom stereocenters. The van der Waals surface area contributed by atoms with Gasteiger partial charge in [-0.25, -0.2) is 9.67 Å². The Hall–Kier alpha value is -3.46. The average molecular weight is 392 g/mol. The molecule has 0 atom stereocenters. The average Bonchev–Trinajstić information content (AvgIpc) is 3.19. The molecule has 0 saturated heterocycles. The predicted molar refractivity (Wildman–Crippen MR) is 107 cm³/mol. The molecule has 4 aromatic rings. The number of aryl methyl sites for hydroxylation is 1. The van der Waals surface area contributed by atoms with E-state index in [1.165, 1.54) is 16.0 Å². The van der Waals surface area contributed by atoms with Crippen LogP contribution < -0.4 is 10.9 Å². The summed E-state index contributed by atoms with van der Waals surface area (Å²) >= 11 is 1.35. The summed E-state index contributed by atoms with van der Waals surface area (Å²) in [6.07, 6.45) is 2.42. The molecular formula is C19H16N6O2S. The number of benzene rings is 1. The molecule has 140 valence electrons.